The molecule has 2 aromatic rings. The first-order valence-electron chi connectivity index (χ1n) is 9.61. The van der Waals surface area contributed by atoms with Crippen molar-refractivity contribution in [3.8, 4) is 11.5 Å². The smallest absolute Gasteiger partial charge is 0.252 e. The van der Waals surface area contributed by atoms with Crippen LogP contribution in [0, 0.1) is 6.92 Å². The molecule has 1 fully saturated rings. The zero-order chi connectivity index (χ0) is 19.9. The number of aryl methyl sites for hydroxylation is 1. The standard InChI is InChI=1S/C22H28N2O4/c1-16-4-6-17(7-5-16)19(15-24-10-12-28-13-11-24)23-22(25)18-8-9-20(26-2)21(14-18)27-3/h4-9,14,19H,10-13,15H2,1-3H3,(H,23,25)/p+1/t19-/m1/s1. The van der Waals surface area contributed by atoms with Crippen LogP contribution in [0.3, 0.4) is 0 Å². The van der Waals surface area contributed by atoms with Crippen LogP contribution in [-0.4, -0.2) is 53.0 Å². The molecule has 6 nitrogen and oxygen atoms in total. The lowest BCUT2D eigenvalue weighted by Gasteiger charge is -2.28. The van der Waals surface area contributed by atoms with Crippen LogP contribution in [-0.2, 0) is 4.74 Å². The van der Waals surface area contributed by atoms with Gasteiger partial charge in [-0.2, -0.15) is 0 Å². The van der Waals surface area contributed by atoms with E-state index in [1.165, 1.54) is 10.5 Å². The Hall–Kier alpha value is -2.57. The minimum atomic E-state index is -0.126. The molecule has 1 heterocycles. The van der Waals surface area contributed by atoms with Gasteiger partial charge in [-0.15, -0.1) is 0 Å². The summed E-state index contributed by atoms with van der Waals surface area (Å²) in [7, 11) is 3.15. The Balaban J connectivity index is 1.79. The third-order valence-corrected chi connectivity index (χ3v) is 5.12. The molecule has 1 atom stereocenters. The van der Waals surface area contributed by atoms with E-state index in [0.717, 1.165) is 38.4 Å². The number of ether oxygens (including phenoxy) is 3. The maximum Gasteiger partial charge on any atom is 0.252 e. The van der Waals surface area contributed by atoms with Crippen molar-refractivity contribution in [3.63, 3.8) is 0 Å². The third-order valence-electron chi connectivity index (χ3n) is 5.12. The summed E-state index contributed by atoms with van der Waals surface area (Å²) in [5.74, 6) is 1.02. The molecule has 150 valence electrons. The summed E-state index contributed by atoms with van der Waals surface area (Å²) in [4.78, 5) is 14.4. The number of hydrogen-bond donors (Lipinski definition) is 2. The van der Waals surface area contributed by atoms with Crippen molar-refractivity contribution in [2.45, 2.75) is 13.0 Å². The summed E-state index contributed by atoms with van der Waals surface area (Å²) in [5.41, 5.74) is 2.86. The molecule has 2 N–H and O–H groups in total. The first kappa shape index (κ1) is 20.2. The van der Waals surface area contributed by atoms with Crippen molar-refractivity contribution in [3.05, 3.63) is 59.2 Å². The molecular weight excluding hydrogens is 356 g/mol. The number of quaternary nitrogens is 1. The van der Waals surface area contributed by atoms with Gasteiger partial charge in [0, 0.05) is 5.56 Å². The summed E-state index contributed by atoms with van der Waals surface area (Å²) in [6.07, 6.45) is 0. The number of nitrogens with one attached hydrogen (secondary N) is 2. The van der Waals surface area contributed by atoms with Gasteiger partial charge in [0.15, 0.2) is 11.5 Å². The number of hydrogen-bond acceptors (Lipinski definition) is 4. The van der Waals surface area contributed by atoms with Crippen molar-refractivity contribution in [1.82, 2.24) is 5.32 Å². The van der Waals surface area contributed by atoms with E-state index in [-0.39, 0.29) is 11.9 Å². The zero-order valence-corrected chi connectivity index (χ0v) is 16.8. The molecule has 1 saturated heterocycles. The van der Waals surface area contributed by atoms with Crippen LogP contribution in [0.5, 0.6) is 11.5 Å². The molecule has 1 aliphatic rings. The molecule has 28 heavy (non-hydrogen) atoms. The van der Waals surface area contributed by atoms with E-state index in [1.807, 2.05) is 0 Å². The van der Waals surface area contributed by atoms with Crippen LogP contribution in [0.15, 0.2) is 42.5 Å². The second-order valence-corrected chi connectivity index (χ2v) is 7.07. The van der Waals surface area contributed by atoms with E-state index in [9.17, 15) is 4.79 Å². The van der Waals surface area contributed by atoms with Crippen molar-refractivity contribution in [2.75, 3.05) is 47.1 Å². The average molecular weight is 385 g/mol. The Morgan fingerprint density at radius 2 is 1.75 bits per heavy atom. The maximum atomic E-state index is 13.0. The fourth-order valence-corrected chi connectivity index (χ4v) is 3.42. The van der Waals surface area contributed by atoms with Crippen molar-refractivity contribution < 1.29 is 23.9 Å². The van der Waals surface area contributed by atoms with E-state index >= 15 is 0 Å². The number of amides is 1. The number of benzene rings is 2. The normalized spacial score (nSPS) is 15.7. The summed E-state index contributed by atoms with van der Waals surface area (Å²) in [5, 5.41) is 3.21. The highest BCUT2D eigenvalue weighted by Crippen LogP contribution is 2.27. The van der Waals surface area contributed by atoms with Gasteiger partial charge in [-0.1, -0.05) is 29.8 Å². The molecule has 0 unspecified atom stereocenters. The molecule has 0 saturated carbocycles. The van der Waals surface area contributed by atoms with E-state index < -0.39 is 0 Å². The monoisotopic (exact) mass is 385 g/mol. The lowest BCUT2D eigenvalue weighted by atomic mass is 10.0. The summed E-state index contributed by atoms with van der Waals surface area (Å²) < 4.78 is 16.1. The molecule has 1 amide bonds. The molecule has 0 bridgehead atoms. The molecule has 6 heteroatoms. The lowest BCUT2D eigenvalue weighted by molar-refractivity contribution is -0.909. The van der Waals surface area contributed by atoms with E-state index in [1.54, 1.807) is 32.4 Å². The highest BCUT2D eigenvalue weighted by atomic mass is 16.5. The molecule has 1 aliphatic heterocycles. The molecule has 0 aromatic heterocycles. The van der Waals surface area contributed by atoms with E-state index in [0.29, 0.717) is 17.1 Å². The van der Waals surface area contributed by atoms with Gasteiger partial charge in [0.1, 0.15) is 25.7 Å². The van der Waals surface area contributed by atoms with Gasteiger partial charge in [-0.25, -0.2) is 0 Å². The van der Waals surface area contributed by atoms with Gasteiger partial charge >= 0.3 is 0 Å². The van der Waals surface area contributed by atoms with E-state index in [4.69, 9.17) is 14.2 Å². The fourth-order valence-electron chi connectivity index (χ4n) is 3.42. The summed E-state index contributed by atoms with van der Waals surface area (Å²) in [6, 6.07) is 13.5. The predicted molar refractivity (Wildman–Crippen MR) is 107 cm³/mol. The Kier molecular flexibility index (Phi) is 6.90. The first-order valence-corrected chi connectivity index (χ1v) is 9.61. The molecule has 2 aromatic carbocycles. The Labute approximate surface area is 166 Å². The number of rotatable bonds is 7. The molecule has 0 aliphatic carbocycles. The highest BCUT2D eigenvalue weighted by Gasteiger charge is 2.24. The van der Waals surface area contributed by atoms with Crippen molar-refractivity contribution >= 4 is 5.91 Å². The third kappa shape index (κ3) is 5.03. The molecule has 3 rings (SSSR count). The Morgan fingerprint density at radius 1 is 1.07 bits per heavy atom. The molecule has 0 radical (unpaired) electrons. The first-order chi connectivity index (χ1) is 13.6. The second-order valence-electron chi connectivity index (χ2n) is 7.07. The van der Waals surface area contributed by atoms with E-state index in [2.05, 4.69) is 36.5 Å². The predicted octanol–water partition coefficient (Wildman–Crippen LogP) is 1.40. The van der Waals surface area contributed by atoms with Crippen LogP contribution < -0.4 is 19.7 Å². The second kappa shape index (κ2) is 9.57. The quantitative estimate of drug-likeness (QED) is 0.756. The van der Waals surface area contributed by atoms with Gasteiger partial charge in [-0.3, -0.25) is 4.79 Å². The number of carbonyl (C=O) groups excluding carboxylic acids is 1. The topological polar surface area (TPSA) is 61.2 Å². The average Bonchev–Trinajstić information content (AvgIpc) is 2.74. The summed E-state index contributed by atoms with van der Waals surface area (Å²) in [6.45, 7) is 6.32. The van der Waals surface area contributed by atoms with Crippen molar-refractivity contribution in [1.29, 1.82) is 0 Å². The van der Waals surface area contributed by atoms with Crippen LogP contribution in [0.25, 0.3) is 0 Å². The minimum Gasteiger partial charge on any atom is -0.493 e. The zero-order valence-electron chi connectivity index (χ0n) is 16.8. The maximum absolute atomic E-state index is 13.0. The molecular formula is C22H29N2O4+. The van der Waals surface area contributed by atoms with Gasteiger partial charge in [0.25, 0.3) is 5.91 Å². The highest BCUT2D eigenvalue weighted by molar-refractivity contribution is 5.95. The number of carbonyl (C=O) groups is 1. The Morgan fingerprint density at radius 3 is 2.39 bits per heavy atom. The SMILES string of the molecule is COc1ccc(C(=O)N[C@H](C[NH+]2CCOCC2)c2ccc(C)cc2)cc1OC. The number of methoxy groups -OCH3 is 2. The van der Waals surface area contributed by atoms with Crippen LogP contribution in [0.1, 0.15) is 27.5 Å². The number of morpholine rings is 1. The lowest BCUT2D eigenvalue weighted by Crippen LogP contribution is -3.14. The van der Waals surface area contributed by atoms with Gasteiger partial charge in [0.05, 0.1) is 27.4 Å². The minimum absolute atomic E-state index is 0.0747. The largest absolute Gasteiger partial charge is 0.493 e. The van der Waals surface area contributed by atoms with Gasteiger partial charge in [0.2, 0.25) is 0 Å². The van der Waals surface area contributed by atoms with Crippen molar-refractivity contribution in [2.24, 2.45) is 0 Å². The molecule has 0 spiro atoms. The van der Waals surface area contributed by atoms with Crippen LogP contribution in [0.2, 0.25) is 0 Å². The fraction of sp³-hybridized carbons (Fsp3) is 0.409. The van der Waals surface area contributed by atoms with Gasteiger partial charge < -0.3 is 24.4 Å². The van der Waals surface area contributed by atoms with Crippen LogP contribution in [0.4, 0.5) is 0 Å². The van der Waals surface area contributed by atoms with Crippen LogP contribution >= 0.6 is 0 Å². The summed E-state index contributed by atoms with van der Waals surface area (Å²) >= 11 is 0. The van der Waals surface area contributed by atoms with Gasteiger partial charge in [-0.05, 0) is 30.7 Å². The Bertz CT molecular complexity index is 786.